The van der Waals surface area contributed by atoms with E-state index in [4.69, 9.17) is 0 Å². The molecule has 0 aromatic heterocycles. The van der Waals surface area contributed by atoms with E-state index >= 15 is 0 Å². The molecule has 0 aromatic rings. The molecule has 4 heteroatoms. The number of rotatable bonds is 7. The second-order valence-electron chi connectivity index (χ2n) is 6.38. The van der Waals surface area contributed by atoms with E-state index in [1.54, 1.807) is 0 Å². The first kappa shape index (κ1) is 14.8. The standard InChI is InChI=1S/C15H29N3O/c1-13(2)6-8-17-9-11-18(12-10-17)15(19)5-7-16-14-3-4-14/h13-14,16H,3-12H2,1-2H3. The summed E-state index contributed by atoms with van der Waals surface area (Å²) in [5.74, 6) is 1.10. The van der Waals surface area contributed by atoms with Gasteiger partial charge >= 0.3 is 0 Å². The average molecular weight is 267 g/mol. The van der Waals surface area contributed by atoms with E-state index in [1.165, 1.54) is 25.8 Å². The van der Waals surface area contributed by atoms with Crippen LogP contribution >= 0.6 is 0 Å². The third-order valence-corrected chi connectivity index (χ3v) is 4.10. The molecule has 1 saturated heterocycles. The van der Waals surface area contributed by atoms with Crippen LogP contribution in [0.1, 0.15) is 39.5 Å². The fourth-order valence-corrected chi connectivity index (χ4v) is 2.49. The average Bonchev–Trinajstić information content (AvgIpc) is 3.21. The molecule has 1 aliphatic heterocycles. The third-order valence-electron chi connectivity index (χ3n) is 4.10. The lowest BCUT2D eigenvalue weighted by Gasteiger charge is -2.35. The summed E-state index contributed by atoms with van der Waals surface area (Å²) in [7, 11) is 0. The molecule has 110 valence electrons. The van der Waals surface area contributed by atoms with E-state index < -0.39 is 0 Å². The number of hydrogen-bond donors (Lipinski definition) is 1. The monoisotopic (exact) mass is 267 g/mol. The first-order chi connectivity index (χ1) is 9.15. The zero-order valence-corrected chi connectivity index (χ0v) is 12.5. The van der Waals surface area contributed by atoms with Gasteiger partial charge in [-0.2, -0.15) is 0 Å². The van der Waals surface area contributed by atoms with Crippen molar-refractivity contribution in [3.8, 4) is 0 Å². The van der Waals surface area contributed by atoms with E-state index in [-0.39, 0.29) is 0 Å². The molecule has 0 aromatic carbocycles. The Morgan fingerprint density at radius 2 is 1.89 bits per heavy atom. The summed E-state index contributed by atoms with van der Waals surface area (Å²) >= 11 is 0. The first-order valence-electron chi connectivity index (χ1n) is 7.88. The molecule has 2 aliphatic rings. The van der Waals surface area contributed by atoms with E-state index in [0.29, 0.717) is 18.4 Å². The van der Waals surface area contributed by atoms with Gasteiger partial charge in [0.2, 0.25) is 5.91 Å². The zero-order chi connectivity index (χ0) is 13.7. The maximum Gasteiger partial charge on any atom is 0.223 e. The second kappa shape index (κ2) is 7.25. The quantitative estimate of drug-likeness (QED) is 0.755. The largest absolute Gasteiger partial charge is 0.340 e. The van der Waals surface area contributed by atoms with Gasteiger partial charge in [0.25, 0.3) is 0 Å². The zero-order valence-electron chi connectivity index (χ0n) is 12.5. The minimum atomic E-state index is 0.330. The Morgan fingerprint density at radius 3 is 2.47 bits per heavy atom. The van der Waals surface area contributed by atoms with Crippen LogP contribution in [-0.2, 0) is 4.79 Å². The Kier molecular flexibility index (Phi) is 5.64. The van der Waals surface area contributed by atoms with Gasteiger partial charge in [-0.15, -0.1) is 0 Å². The van der Waals surface area contributed by atoms with Crippen LogP contribution in [0.2, 0.25) is 0 Å². The second-order valence-corrected chi connectivity index (χ2v) is 6.38. The van der Waals surface area contributed by atoms with Crippen molar-refractivity contribution in [2.75, 3.05) is 39.3 Å². The van der Waals surface area contributed by atoms with Gasteiger partial charge in [-0.3, -0.25) is 9.69 Å². The Bertz CT molecular complexity index is 281. The molecule has 1 heterocycles. The van der Waals surface area contributed by atoms with Gasteiger partial charge in [0.15, 0.2) is 0 Å². The molecule has 1 aliphatic carbocycles. The summed E-state index contributed by atoms with van der Waals surface area (Å²) in [4.78, 5) is 16.6. The Balaban J connectivity index is 1.57. The highest BCUT2D eigenvalue weighted by Crippen LogP contribution is 2.18. The maximum atomic E-state index is 12.0. The fourth-order valence-electron chi connectivity index (χ4n) is 2.49. The number of carbonyl (C=O) groups excluding carboxylic acids is 1. The molecule has 0 radical (unpaired) electrons. The van der Waals surface area contributed by atoms with Crippen molar-refractivity contribution in [3.05, 3.63) is 0 Å². The molecule has 19 heavy (non-hydrogen) atoms. The van der Waals surface area contributed by atoms with Gasteiger partial charge in [0, 0.05) is 45.2 Å². The van der Waals surface area contributed by atoms with E-state index in [9.17, 15) is 4.79 Å². The van der Waals surface area contributed by atoms with E-state index in [2.05, 4.69) is 24.1 Å². The van der Waals surface area contributed by atoms with Gasteiger partial charge in [-0.05, 0) is 31.7 Å². The summed E-state index contributed by atoms with van der Waals surface area (Å²) in [5.41, 5.74) is 0. The molecule has 1 saturated carbocycles. The van der Waals surface area contributed by atoms with Crippen molar-refractivity contribution in [2.45, 2.75) is 45.6 Å². The minimum Gasteiger partial charge on any atom is -0.340 e. The molecule has 4 nitrogen and oxygen atoms in total. The topological polar surface area (TPSA) is 35.6 Å². The van der Waals surface area contributed by atoms with Crippen molar-refractivity contribution in [1.29, 1.82) is 0 Å². The van der Waals surface area contributed by atoms with Crippen LogP contribution in [0.25, 0.3) is 0 Å². The Hall–Kier alpha value is -0.610. The summed E-state index contributed by atoms with van der Waals surface area (Å²) in [6, 6.07) is 0.709. The summed E-state index contributed by atoms with van der Waals surface area (Å²) in [5, 5.41) is 3.41. The highest BCUT2D eigenvalue weighted by Gasteiger charge is 2.23. The molecule has 1 amide bonds. The van der Waals surface area contributed by atoms with Crippen LogP contribution in [0.4, 0.5) is 0 Å². The molecule has 0 bridgehead atoms. The Morgan fingerprint density at radius 1 is 1.21 bits per heavy atom. The minimum absolute atomic E-state index is 0.330. The van der Waals surface area contributed by atoms with Gasteiger partial charge in [-0.25, -0.2) is 0 Å². The predicted molar refractivity (Wildman–Crippen MR) is 78.1 cm³/mol. The van der Waals surface area contributed by atoms with Crippen molar-refractivity contribution >= 4 is 5.91 Å². The lowest BCUT2D eigenvalue weighted by atomic mass is 10.1. The summed E-state index contributed by atoms with van der Waals surface area (Å²) in [6.07, 6.45) is 4.52. The molecule has 2 rings (SSSR count). The number of piperazine rings is 1. The van der Waals surface area contributed by atoms with Crippen molar-refractivity contribution in [3.63, 3.8) is 0 Å². The van der Waals surface area contributed by atoms with Gasteiger partial charge in [0.1, 0.15) is 0 Å². The summed E-state index contributed by atoms with van der Waals surface area (Å²) < 4.78 is 0. The smallest absolute Gasteiger partial charge is 0.223 e. The SMILES string of the molecule is CC(C)CCN1CCN(C(=O)CCNC2CC2)CC1. The molecule has 0 atom stereocenters. The first-order valence-corrected chi connectivity index (χ1v) is 7.88. The number of nitrogens with zero attached hydrogens (tertiary/aromatic N) is 2. The van der Waals surface area contributed by atoms with Gasteiger partial charge < -0.3 is 10.2 Å². The molecular formula is C15H29N3O. The van der Waals surface area contributed by atoms with Crippen LogP contribution in [0.15, 0.2) is 0 Å². The highest BCUT2D eigenvalue weighted by molar-refractivity contribution is 5.76. The molecule has 1 N–H and O–H groups in total. The lowest BCUT2D eigenvalue weighted by Crippen LogP contribution is -2.49. The van der Waals surface area contributed by atoms with Gasteiger partial charge in [-0.1, -0.05) is 13.8 Å². The predicted octanol–water partition coefficient (Wildman–Crippen LogP) is 1.32. The summed E-state index contributed by atoms with van der Waals surface area (Å²) in [6.45, 7) is 10.5. The third kappa shape index (κ3) is 5.49. The van der Waals surface area contributed by atoms with E-state index in [0.717, 1.165) is 38.6 Å². The van der Waals surface area contributed by atoms with Crippen LogP contribution in [0, 0.1) is 5.92 Å². The maximum absolute atomic E-state index is 12.0. The number of carbonyl (C=O) groups is 1. The molecule has 0 spiro atoms. The highest BCUT2D eigenvalue weighted by atomic mass is 16.2. The normalized spacial score (nSPS) is 21.1. The number of amides is 1. The van der Waals surface area contributed by atoms with Gasteiger partial charge in [0.05, 0.1) is 0 Å². The molecular weight excluding hydrogens is 238 g/mol. The van der Waals surface area contributed by atoms with Crippen LogP contribution in [0.5, 0.6) is 0 Å². The number of hydrogen-bond acceptors (Lipinski definition) is 3. The lowest BCUT2D eigenvalue weighted by molar-refractivity contribution is -0.132. The van der Waals surface area contributed by atoms with Crippen LogP contribution < -0.4 is 5.32 Å². The number of nitrogens with one attached hydrogen (secondary N) is 1. The van der Waals surface area contributed by atoms with Crippen LogP contribution in [0.3, 0.4) is 0 Å². The fraction of sp³-hybridized carbons (Fsp3) is 0.933. The van der Waals surface area contributed by atoms with E-state index in [1.807, 2.05) is 4.90 Å². The van der Waals surface area contributed by atoms with Crippen LogP contribution in [-0.4, -0.2) is 61.0 Å². The van der Waals surface area contributed by atoms with Crippen molar-refractivity contribution in [2.24, 2.45) is 5.92 Å². The molecule has 0 unspecified atom stereocenters. The Labute approximate surface area is 117 Å². The van der Waals surface area contributed by atoms with Crippen molar-refractivity contribution < 1.29 is 4.79 Å². The van der Waals surface area contributed by atoms with Crippen molar-refractivity contribution in [1.82, 2.24) is 15.1 Å². The molecule has 2 fully saturated rings.